The van der Waals surface area contributed by atoms with Gasteiger partial charge in [0.15, 0.2) is 0 Å². The van der Waals surface area contributed by atoms with Crippen molar-refractivity contribution in [1.82, 2.24) is 9.97 Å². The van der Waals surface area contributed by atoms with Gasteiger partial charge in [0.1, 0.15) is 0 Å². The Kier molecular flexibility index (Phi) is 3.63. The van der Waals surface area contributed by atoms with E-state index in [9.17, 15) is 4.79 Å². The van der Waals surface area contributed by atoms with Crippen LogP contribution in [0.1, 0.15) is 33.1 Å². The molecule has 2 aromatic rings. The highest BCUT2D eigenvalue weighted by Gasteiger charge is 2.25. The summed E-state index contributed by atoms with van der Waals surface area (Å²) in [5.74, 6) is 1.50. The maximum atomic E-state index is 11.3. The molecule has 1 aromatic carbocycles. The Morgan fingerprint density at radius 3 is 2.60 bits per heavy atom. The minimum absolute atomic E-state index is 0.163. The Labute approximate surface area is 126 Å². The molecule has 3 N–H and O–H groups in total. The first-order chi connectivity index (χ1) is 9.52. The minimum Gasteiger partial charge on any atom is -0.381 e. The van der Waals surface area contributed by atoms with E-state index < -0.39 is 0 Å². The minimum atomic E-state index is -0.163. The lowest BCUT2D eigenvalue weighted by Crippen LogP contribution is -2.33. The summed E-state index contributed by atoms with van der Waals surface area (Å²) < 4.78 is 0.992. The Bertz CT molecular complexity index is 675. The Morgan fingerprint density at radius 2 is 1.90 bits per heavy atom. The topological polar surface area (TPSA) is 60.7 Å². The summed E-state index contributed by atoms with van der Waals surface area (Å²) in [7, 11) is 0. The van der Waals surface area contributed by atoms with Crippen LogP contribution in [0.5, 0.6) is 0 Å². The molecule has 1 saturated carbocycles. The van der Waals surface area contributed by atoms with Crippen LogP contribution in [0.4, 0.5) is 5.69 Å². The monoisotopic (exact) mass is 337 g/mol. The molecular formula is C15H20BrN3O. The van der Waals surface area contributed by atoms with Gasteiger partial charge in [0, 0.05) is 10.5 Å². The van der Waals surface area contributed by atoms with Gasteiger partial charge in [0.2, 0.25) is 0 Å². The average molecular weight is 338 g/mol. The molecule has 20 heavy (non-hydrogen) atoms. The number of aromatic amines is 2. The Balaban J connectivity index is 1.86. The number of imidazole rings is 1. The first kappa shape index (κ1) is 13.7. The van der Waals surface area contributed by atoms with Crippen molar-refractivity contribution < 1.29 is 0 Å². The zero-order chi connectivity index (χ0) is 14.3. The Hall–Kier alpha value is -1.23. The van der Waals surface area contributed by atoms with Crippen molar-refractivity contribution in [2.75, 3.05) is 5.32 Å². The first-order valence-electron chi connectivity index (χ1n) is 7.21. The van der Waals surface area contributed by atoms with E-state index in [1.54, 1.807) is 0 Å². The highest BCUT2D eigenvalue weighted by Crippen LogP contribution is 2.33. The summed E-state index contributed by atoms with van der Waals surface area (Å²) in [6.45, 7) is 4.65. The molecule has 5 heteroatoms. The number of rotatable bonds is 2. The molecule has 0 radical (unpaired) electrons. The molecule has 0 aliphatic heterocycles. The number of fused-ring (bicyclic) bond motifs is 1. The van der Waals surface area contributed by atoms with E-state index in [2.05, 4.69) is 45.1 Å². The SMILES string of the molecule is CC1CCC(Nc2cc3[nH]c(=O)[nH]c3cc2Br)C(C)C1. The molecule has 4 nitrogen and oxygen atoms in total. The molecule has 0 saturated heterocycles. The van der Waals surface area contributed by atoms with E-state index in [0.29, 0.717) is 12.0 Å². The third-order valence-electron chi connectivity index (χ3n) is 4.38. The first-order valence-corrected chi connectivity index (χ1v) is 8.00. The molecule has 1 aromatic heterocycles. The van der Waals surface area contributed by atoms with E-state index in [4.69, 9.17) is 0 Å². The van der Waals surface area contributed by atoms with Crippen molar-refractivity contribution in [3.05, 3.63) is 27.1 Å². The molecule has 1 heterocycles. The second-order valence-electron chi connectivity index (χ2n) is 6.10. The zero-order valence-corrected chi connectivity index (χ0v) is 13.4. The second-order valence-corrected chi connectivity index (χ2v) is 6.96. The van der Waals surface area contributed by atoms with Gasteiger partial charge in [0.05, 0.1) is 16.7 Å². The van der Waals surface area contributed by atoms with Crippen LogP contribution in [0.25, 0.3) is 11.0 Å². The largest absolute Gasteiger partial charge is 0.381 e. The van der Waals surface area contributed by atoms with Crippen LogP contribution in [0, 0.1) is 11.8 Å². The maximum Gasteiger partial charge on any atom is 0.323 e. The van der Waals surface area contributed by atoms with Gasteiger partial charge in [0.25, 0.3) is 0 Å². The quantitative estimate of drug-likeness (QED) is 0.779. The van der Waals surface area contributed by atoms with Crippen LogP contribution >= 0.6 is 15.9 Å². The molecule has 3 atom stereocenters. The molecule has 0 bridgehead atoms. The average Bonchev–Trinajstić information content (AvgIpc) is 2.72. The van der Waals surface area contributed by atoms with Gasteiger partial charge in [-0.05, 0) is 59.2 Å². The fraction of sp³-hybridized carbons (Fsp3) is 0.533. The van der Waals surface area contributed by atoms with E-state index in [0.717, 1.165) is 27.1 Å². The summed E-state index contributed by atoms with van der Waals surface area (Å²) in [4.78, 5) is 16.9. The van der Waals surface area contributed by atoms with Crippen LogP contribution in [0.2, 0.25) is 0 Å². The van der Waals surface area contributed by atoms with Crippen molar-refractivity contribution in [2.45, 2.75) is 39.2 Å². The van der Waals surface area contributed by atoms with E-state index in [1.165, 1.54) is 19.3 Å². The van der Waals surface area contributed by atoms with Crippen LogP contribution in [0.3, 0.4) is 0 Å². The van der Waals surface area contributed by atoms with Crippen molar-refractivity contribution in [3.63, 3.8) is 0 Å². The highest BCUT2D eigenvalue weighted by molar-refractivity contribution is 9.10. The molecule has 0 amide bonds. The van der Waals surface area contributed by atoms with Crippen LogP contribution in [-0.2, 0) is 0 Å². The summed E-state index contributed by atoms with van der Waals surface area (Å²) >= 11 is 3.59. The molecule has 1 fully saturated rings. The van der Waals surface area contributed by atoms with Gasteiger partial charge in [-0.2, -0.15) is 0 Å². The van der Waals surface area contributed by atoms with Crippen molar-refractivity contribution in [1.29, 1.82) is 0 Å². The fourth-order valence-corrected chi connectivity index (χ4v) is 3.70. The predicted octanol–water partition coefficient (Wildman–Crippen LogP) is 3.86. The molecule has 108 valence electrons. The molecule has 1 aliphatic carbocycles. The second kappa shape index (κ2) is 5.28. The standard InChI is InChI=1S/C15H20BrN3O/c1-8-3-4-11(9(2)5-8)17-12-7-14-13(6-10(12)16)18-15(20)19-14/h6-9,11,17H,3-5H2,1-2H3,(H2,18,19,20). The normalized spacial score (nSPS) is 26.9. The molecular weight excluding hydrogens is 318 g/mol. The lowest BCUT2D eigenvalue weighted by molar-refractivity contribution is 0.276. The number of hydrogen-bond donors (Lipinski definition) is 3. The van der Waals surface area contributed by atoms with E-state index in [1.807, 2.05) is 12.1 Å². The lowest BCUT2D eigenvalue weighted by Gasteiger charge is -2.34. The number of nitrogens with one attached hydrogen (secondary N) is 3. The smallest absolute Gasteiger partial charge is 0.323 e. The van der Waals surface area contributed by atoms with Crippen molar-refractivity contribution >= 4 is 32.7 Å². The van der Waals surface area contributed by atoms with Crippen molar-refractivity contribution in [2.24, 2.45) is 11.8 Å². The highest BCUT2D eigenvalue weighted by atomic mass is 79.9. The number of benzene rings is 1. The van der Waals surface area contributed by atoms with E-state index in [-0.39, 0.29) is 5.69 Å². The van der Waals surface area contributed by atoms with Gasteiger partial charge in [-0.25, -0.2) is 4.79 Å². The van der Waals surface area contributed by atoms with Gasteiger partial charge in [-0.15, -0.1) is 0 Å². The molecule has 1 aliphatic rings. The van der Waals surface area contributed by atoms with Gasteiger partial charge >= 0.3 is 5.69 Å². The summed E-state index contributed by atoms with van der Waals surface area (Å²) in [5, 5.41) is 3.64. The number of anilines is 1. The predicted molar refractivity (Wildman–Crippen MR) is 86.2 cm³/mol. The third kappa shape index (κ3) is 2.64. The number of aromatic nitrogens is 2. The van der Waals surface area contributed by atoms with Gasteiger partial charge in [-0.3, -0.25) is 0 Å². The van der Waals surface area contributed by atoms with E-state index >= 15 is 0 Å². The Morgan fingerprint density at radius 1 is 1.20 bits per heavy atom. The molecule has 3 unspecified atom stereocenters. The summed E-state index contributed by atoms with van der Waals surface area (Å²) in [6.07, 6.45) is 3.76. The van der Waals surface area contributed by atoms with Crippen LogP contribution in [-0.4, -0.2) is 16.0 Å². The van der Waals surface area contributed by atoms with Crippen LogP contribution < -0.4 is 11.0 Å². The number of halogens is 1. The molecule has 3 rings (SSSR count). The lowest BCUT2D eigenvalue weighted by atomic mass is 9.80. The van der Waals surface area contributed by atoms with Gasteiger partial charge < -0.3 is 15.3 Å². The third-order valence-corrected chi connectivity index (χ3v) is 5.03. The summed E-state index contributed by atoms with van der Waals surface area (Å²) in [5.41, 5.74) is 2.57. The van der Waals surface area contributed by atoms with Crippen molar-refractivity contribution in [3.8, 4) is 0 Å². The van der Waals surface area contributed by atoms with Gasteiger partial charge in [-0.1, -0.05) is 13.8 Å². The maximum absolute atomic E-state index is 11.3. The number of H-pyrrole nitrogens is 2. The number of hydrogen-bond acceptors (Lipinski definition) is 2. The summed E-state index contributed by atoms with van der Waals surface area (Å²) in [6, 6.07) is 4.46. The van der Waals surface area contributed by atoms with Crippen LogP contribution in [0.15, 0.2) is 21.4 Å². The zero-order valence-electron chi connectivity index (χ0n) is 11.8. The molecule has 0 spiro atoms. The fourth-order valence-electron chi connectivity index (χ4n) is 3.25.